The molecule has 3 atom stereocenters. The monoisotopic (exact) mass is 420 g/mol. The van der Waals surface area contributed by atoms with E-state index >= 15 is 0 Å². The molecule has 0 amide bonds. The van der Waals surface area contributed by atoms with Gasteiger partial charge in [-0.1, -0.05) is 12.1 Å². The lowest BCUT2D eigenvalue weighted by Crippen LogP contribution is -2.53. The van der Waals surface area contributed by atoms with Gasteiger partial charge < -0.3 is 24.1 Å². The topological polar surface area (TPSA) is 80.7 Å². The Hall–Kier alpha value is -1.71. The Labute approximate surface area is 177 Å². The van der Waals surface area contributed by atoms with Crippen LogP contribution in [0.25, 0.3) is 0 Å². The van der Waals surface area contributed by atoms with Crippen LogP contribution in [0.5, 0.6) is 5.75 Å². The van der Waals surface area contributed by atoms with Gasteiger partial charge in [0, 0.05) is 45.9 Å². The molecule has 3 heterocycles. The molecule has 8 nitrogen and oxygen atoms in total. The zero-order valence-corrected chi connectivity index (χ0v) is 17.8. The Morgan fingerprint density at radius 2 is 1.83 bits per heavy atom. The molecule has 3 aliphatic rings. The number of carbonyl (C=O) groups is 1. The van der Waals surface area contributed by atoms with Crippen molar-refractivity contribution < 1.29 is 28.8 Å². The van der Waals surface area contributed by atoms with Crippen LogP contribution in [-0.4, -0.2) is 90.9 Å². The van der Waals surface area contributed by atoms with Gasteiger partial charge in [-0.05, 0) is 38.0 Å². The molecular weight excluding hydrogens is 388 g/mol. The van der Waals surface area contributed by atoms with Crippen LogP contribution in [0, 0.1) is 0 Å². The molecule has 0 radical (unpaired) electrons. The van der Waals surface area contributed by atoms with Gasteiger partial charge in [-0.3, -0.25) is 9.80 Å². The minimum Gasteiger partial charge on any atom is -0.482 e. The van der Waals surface area contributed by atoms with Crippen molar-refractivity contribution in [1.29, 1.82) is 0 Å². The molecule has 0 aromatic heterocycles. The van der Waals surface area contributed by atoms with Gasteiger partial charge in [0.15, 0.2) is 12.4 Å². The first-order valence-corrected chi connectivity index (χ1v) is 10.7. The van der Waals surface area contributed by atoms with Gasteiger partial charge in [-0.2, -0.15) is 0 Å². The molecule has 1 aromatic rings. The number of piperazine rings is 1. The van der Waals surface area contributed by atoms with Crippen molar-refractivity contribution in [2.45, 2.75) is 50.9 Å². The van der Waals surface area contributed by atoms with E-state index in [0.717, 1.165) is 52.3 Å². The molecule has 30 heavy (non-hydrogen) atoms. The Morgan fingerprint density at radius 1 is 1.13 bits per heavy atom. The number of carboxylic acids is 1. The molecule has 3 unspecified atom stereocenters. The Morgan fingerprint density at radius 3 is 2.53 bits per heavy atom. The van der Waals surface area contributed by atoms with Crippen LogP contribution >= 0.6 is 0 Å². The van der Waals surface area contributed by atoms with Crippen LogP contribution in [0.1, 0.15) is 25.8 Å². The molecule has 3 fully saturated rings. The lowest BCUT2D eigenvalue weighted by molar-refractivity contribution is -0.156. The molecule has 3 saturated heterocycles. The number of rotatable bonds is 7. The van der Waals surface area contributed by atoms with Gasteiger partial charge in [0.1, 0.15) is 11.9 Å². The van der Waals surface area contributed by atoms with E-state index in [2.05, 4.69) is 9.80 Å². The van der Waals surface area contributed by atoms with E-state index in [1.807, 2.05) is 38.1 Å². The van der Waals surface area contributed by atoms with Crippen LogP contribution in [0.2, 0.25) is 0 Å². The van der Waals surface area contributed by atoms with Crippen molar-refractivity contribution in [3.63, 3.8) is 0 Å². The second-order valence-electron chi connectivity index (χ2n) is 8.74. The molecule has 0 bridgehead atoms. The number of hydrogen-bond donors (Lipinski definition) is 1. The summed E-state index contributed by atoms with van der Waals surface area (Å²) >= 11 is 0. The SMILES string of the molecule is CC1(C)OC2CCOC(CN3CCN(Cc4ccc(OCC(=O)O)cc4)CC3)C2O1. The minimum atomic E-state index is -0.971. The summed E-state index contributed by atoms with van der Waals surface area (Å²) in [5.74, 6) is -0.909. The number of hydrogen-bond acceptors (Lipinski definition) is 7. The number of aliphatic carboxylic acids is 1. The van der Waals surface area contributed by atoms with Crippen molar-refractivity contribution in [3.8, 4) is 5.75 Å². The molecule has 3 aliphatic heterocycles. The van der Waals surface area contributed by atoms with Crippen LogP contribution in [0.4, 0.5) is 0 Å². The highest BCUT2D eigenvalue weighted by molar-refractivity contribution is 5.68. The van der Waals surface area contributed by atoms with E-state index in [-0.39, 0.29) is 24.9 Å². The first kappa shape index (κ1) is 21.5. The molecule has 1 aromatic carbocycles. The first-order chi connectivity index (χ1) is 14.4. The van der Waals surface area contributed by atoms with Gasteiger partial charge in [0.2, 0.25) is 0 Å². The molecule has 0 spiro atoms. The zero-order valence-electron chi connectivity index (χ0n) is 17.8. The van der Waals surface area contributed by atoms with Crippen LogP contribution in [0.15, 0.2) is 24.3 Å². The summed E-state index contributed by atoms with van der Waals surface area (Å²) in [6, 6.07) is 7.66. The molecule has 166 valence electrons. The molecular formula is C22H32N2O6. The van der Waals surface area contributed by atoms with E-state index in [9.17, 15) is 4.79 Å². The highest BCUT2D eigenvalue weighted by Gasteiger charge is 2.47. The molecule has 8 heteroatoms. The third-order valence-electron chi connectivity index (χ3n) is 5.92. The summed E-state index contributed by atoms with van der Waals surface area (Å²) in [4.78, 5) is 15.5. The number of carboxylic acid groups (broad SMARTS) is 1. The summed E-state index contributed by atoms with van der Waals surface area (Å²) in [7, 11) is 0. The smallest absolute Gasteiger partial charge is 0.341 e. The fourth-order valence-corrected chi connectivity index (χ4v) is 4.47. The quantitative estimate of drug-likeness (QED) is 0.712. The normalized spacial score (nSPS) is 29.5. The summed E-state index contributed by atoms with van der Waals surface area (Å²) in [6.07, 6.45) is 1.13. The second kappa shape index (κ2) is 9.20. The zero-order chi connectivity index (χ0) is 21.1. The predicted molar refractivity (Wildman–Crippen MR) is 109 cm³/mol. The largest absolute Gasteiger partial charge is 0.482 e. The summed E-state index contributed by atoms with van der Waals surface area (Å²) in [5, 5.41) is 8.68. The van der Waals surface area contributed by atoms with E-state index in [4.69, 9.17) is 24.1 Å². The maximum Gasteiger partial charge on any atom is 0.341 e. The van der Waals surface area contributed by atoms with E-state index in [1.54, 1.807) is 0 Å². The standard InChI is InChI=1S/C22H32N2O6/c1-22(2)29-18-7-12-27-19(21(18)30-22)14-24-10-8-23(9-11-24)13-16-3-5-17(6-4-16)28-15-20(25)26/h3-6,18-19,21H,7-15H2,1-2H3,(H,25,26). The Kier molecular flexibility index (Phi) is 6.60. The van der Waals surface area contributed by atoms with Crippen molar-refractivity contribution in [2.24, 2.45) is 0 Å². The van der Waals surface area contributed by atoms with Crippen molar-refractivity contribution >= 4 is 5.97 Å². The summed E-state index contributed by atoms with van der Waals surface area (Å²) < 4.78 is 23.4. The predicted octanol–water partition coefficient (Wildman–Crippen LogP) is 1.58. The molecule has 0 aliphatic carbocycles. The third kappa shape index (κ3) is 5.50. The first-order valence-electron chi connectivity index (χ1n) is 10.7. The van der Waals surface area contributed by atoms with Crippen LogP contribution < -0.4 is 4.74 Å². The van der Waals surface area contributed by atoms with Gasteiger partial charge in [-0.15, -0.1) is 0 Å². The number of ether oxygens (including phenoxy) is 4. The van der Waals surface area contributed by atoms with Crippen molar-refractivity contribution in [3.05, 3.63) is 29.8 Å². The highest BCUT2D eigenvalue weighted by Crippen LogP contribution is 2.35. The van der Waals surface area contributed by atoms with E-state index in [1.165, 1.54) is 5.56 Å². The fraction of sp³-hybridized carbons (Fsp3) is 0.682. The Balaban J connectivity index is 1.22. The van der Waals surface area contributed by atoms with Gasteiger partial charge >= 0.3 is 5.97 Å². The van der Waals surface area contributed by atoms with Gasteiger partial charge in [-0.25, -0.2) is 4.79 Å². The summed E-state index contributed by atoms with van der Waals surface area (Å²) in [5.41, 5.74) is 1.20. The van der Waals surface area contributed by atoms with E-state index < -0.39 is 11.8 Å². The van der Waals surface area contributed by atoms with Crippen LogP contribution in [0.3, 0.4) is 0 Å². The maximum atomic E-state index is 10.6. The van der Waals surface area contributed by atoms with Crippen molar-refractivity contribution in [2.75, 3.05) is 45.9 Å². The second-order valence-corrected chi connectivity index (χ2v) is 8.74. The average Bonchev–Trinajstić information content (AvgIpc) is 3.04. The molecule has 0 saturated carbocycles. The minimum absolute atomic E-state index is 0.0219. The van der Waals surface area contributed by atoms with Crippen molar-refractivity contribution in [1.82, 2.24) is 9.80 Å². The molecule has 1 N–H and O–H groups in total. The van der Waals surface area contributed by atoms with Crippen LogP contribution in [-0.2, 0) is 25.5 Å². The lowest BCUT2D eigenvalue weighted by Gasteiger charge is -2.39. The van der Waals surface area contributed by atoms with Gasteiger partial charge in [0.25, 0.3) is 0 Å². The fourth-order valence-electron chi connectivity index (χ4n) is 4.47. The Bertz CT molecular complexity index is 717. The number of benzene rings is 1. The number of nitrogens with zero attached hydrogens (tertiary/aromatic N) is 2. The number of fused-ring (bicyclic) bond motifs is 1. The third-order valence-corrected chi connectivity index (χ3v) is 5.92. The average molecular weight is 421 g/mol. The summed E-state index contributed by atoms with van der Waals surface area (Å²) in [6.45, 7) is 10.1. The lowest BCUT2D eigenvalue weighted by atomic mass is 10.0. The highest BCUT2D eigenvalue weighted by atomic mass is 16.8. The molecule has 4 rings (SSSR count). The maximum absolute atomic E-state index is 10.6. The van der Waals surface area contributed by atoms with Gasteiger partial charge in [0.05, 0.1) is 12.2 Å². The van der Waals surface area contributed by atoms with E-state index in [0.29, 0.717) is 5.75 Å².